The lowest BCUT2D eigenvalue weighted by Gasteiger charge is -2.33. The van der Waals surface area contributed by atoms with Crippen LogP contribution in [-0.4, -0.2) is 11.3 Å². The average Bonchev–Trinajstić information content (AvgIpc) is 3.42. The van der Waals surface area contributed by atoms with Gasteiger partial charge in [-0.05, 0) is 47.3 Å². The summed E-state index contributed by atoms with van der Waals surface area (Å²) in [6, 6.07) is 36.2. The summed E-state index contributed by atoms with van der Waals surface area (Å²) in [5.74, 6) is 0. The zero-order valence-corrected chi connectivity index (χ0v) is 19.7. The van der Waals surface area contributed by atoms with E-state index < -0.39 is 0 Å². The molecule has 9 rings (SSSR count). The van der Waals surface area contributed by atoms with E-state index in [1.54, 1.807) is 0 Å². The number of hydrogen-bond donors (Lipinski definition) is 0. The normalized spacial score (nSPS) is 13.7. The van der Waals surface area contributed by atoms with Crippen molar-refractivity contribution in [1.82, 2.24) is 4.57 Å². The van der Waals surface area contributed by atoms with Gasteiger partial charge in [0.15, 0.2) is 0 Å². The molecule has 1 nitrogen and oxygen atoms in total. The van der Waals surface area contributed by atoms with E-state index in [9.17, 15) is 0 Å². The van der Waals surface area contributed by atoms with Gasteiger partial charge in [-0.25, -0.2) is 0 Å². The second-order valence-corrected chi connectivity index (χ2v) is 11.4. The van der Waals surface area contributed by atoms with E-state index in [-0.39, 0.29) is 6.71 Å². The molecule has 0 fully saturated rings. The van der Waals surface area contributed by atoms with E-state index in [1.165, 1.54) is 73.8 Å². The molecule has 4 heterocycles. The van der Waals surface area contributed by atoms with Gasteiger partial charge in [0.05, 0.1) is 11.0 Å². The van der Waals surface area contributed by atoms with E-state index in [0.717, 1.165) is 0 Å². The molecule has 0 bridgehead atoms. The molecule has 7 aromatic rings. The van der Waals surface area contributed by atoms with E-state index in [1.807, 2.05) is 23.1 Å². The molecule has 0 saturated carbocycles. The lowest BCUT2D eigenvalue weighted by molar-refractivity contribution is 1.17. The van der Waals surface area contributed by atoms with Crippen LogP contribution in [0.5, 0.6) is 0 Å². The van der Waals surface area contributed by atoms with Crippen LogP contribution in [0.25, 0.3) is 47.7 Å². The number of para-hydroxylation sites is 1. The first-order chi connectivity index (χ1) is 16.9. The number of hydrogen-bond acceptors (Lipinski definition) is 2. The first kappa shape index (κ1) is 17.9. The topological polar surface area (TPSA) is 4.93 Å². The minimum Gasteiger partial charge on any atom is -0.310 e. The lowest BCUT2D eigenvalue weighted by Crippen LogP contribution is -2.58. The molecule has 2 aliphatic rings. The van der Waals surface area contributed by atoms with Crippen LogP contribution < -0.4 is 16.4 Å². The molecule has 34 heavy (non-hydrogen) atoms. The third-order valence-corrected chi connectivity index (χ3v) is 10.0. The van der Waals surface area contributed by atoms with E-state index in [4.69, 9.17) is 0 Å². The summed E-state index contributed by atoms with van der Waals surface area (Å²) in [4.78, 5) is 2.77. The Kier molecular flexibility index (Phi) is 3.24. The number of nitrogens with zero attached hydrogens (tertiary/aromatic N) is 1. The van der Waals surface area contributed by atoms with Crippen molar-refractivity contribution in [1.29, 1.82) is 0 Å². The molecule has 4 heteroatoms. The van der Waals surface area contributed by atoms with Gasteiger partial charge in [-0.1, -0.05) is 77.9 Å². The zero-order valence-electron chi connectivity index (χ0n) is 18.1. The summed E-state index contributed by atoms with van der Waals surface area (Å²) in [7, 11) is 0. The van der Waals surface area contributed by atoms with Crippen LogP contribution in [0.3, 0.4) is 0 Å². The van der Waals surface area contributed by atoms with Gasteiger partial charge in [0.25, 0.3) is 6.71 Å². The van der Waals surface area contributed by atoms with E-state index in [2.05, 4.69) is 102 Å². The molecule has 0 saturated heterocycles. The maximum absolute atomic E-state index is 2.55. The van der Waals surface area contributed by atoms with Crippen LogP contribution in [0.2, 0.25) is 0 Å². The molecule has 0 unspecified atom stereocenters. The average molecular weight is 465 g/mol. The molecule has 0 atom stereocenters. The third-order valence-electron chi connectivity index (χ3n) is 7.65. The highest BCUT2D eigenvalue weighted by Gasteiger charge is 2.40. The van der Waals surface area contributed by atoms with Gasteiger partial charge in [0, 0.05) is 46.4 Å². The minimum atomic E-state index is 0.250. The summed E-state index contributed by atoms with van der Waals surface area (Å²) in [5.41, 5.74) is 8.41. The van der Waals surface area contributed by atoms with Crippen LogP contribution in [0.1, 0.15) is 0 Å². The van der Waals surface area contributed by atoms with Crippen LogP contribution in [-0.2, 0) is 0 Å². The Balaban J connectivity index is 1.62. The monoisotopic (exact) mass is 465 g/mol. The van der Waals surface area contributed by atoms with Gasteiger partial charge >= 0.3 is 0 Å². The molecule has 0 amide bonds. The van der Waals surface area contributed by atoms with Crippen molar-refractivity contribution in [3.63, 3.8) is 0 Å². The first-order valence-electron chi connectivity index (χ1n) is 11.7. The molecule has 0 spiro atoms. The highest BCUT2D eigenvalue weighted by molar-refractivity contribution is 8.00. The van der Waals surface area contributed by atoms with Crippen molar-refractivity contribution in [2.45, 2.75) is 9.79 Å². The molecule has 0 radical (unpaired) electrons. The predicted octanol–water partition coefficient (Wildman–Crippen LogP) is 6.45. The summed E-state index contributed by atoms with van der Waals surface area (Å²) < 4.78 is 5.35. The summed E-state index contributed by atoms with van der Waals surface area (Å²) >= 11 is 3.88. The minimum absolute atomic E-state index is 0.250. The van der Waals surface area contributed by atoms with Gasteiger partial charge in [0.1, 0.15) is 0 Å². The smallest absolute Gasteiger partial charge is 0.251 e. The fraction of sp³-hybridized carbons (Fsp3) is 0. The van der Waals surface area contributed by atoms with Gasteiger partial charge in [-0.15, -0.1) is 11.3 Å². The Labute approximate surface area is 204 Å². The second kappa shape index (κ2) is 6.15. The Hall–Kier alpha value is -3.47. The third kappa shape index (κ3) is 2.02. The van der Waals surface area contributed by atoms with Crippen LogP contribution in [0.4, 0.5) is 0 Å². The van der Waals surface area contributed by atoms with E-state index in [0.29, 0.717) is 0 Å². The largest absolute Gasteiger partial charge is 0.310 e. The Morgan fingerprint density at radius 1 is 0.618 bits per heavy atom. The van der Waals surface area contributed by atoms with Crippen molar-refractivity contribution >= 4 is 88.2 Å². The fourth-order valence-electron chi connectivity index (χ4n) is 6.35. The number of aromatic nitrogens is 1. The SMILES string of the molecule is c1ccc2c(c1)Sc1cccc3c1B2c1c2sc4ccccc4c2cc2c4ccccc4n-3c12. The quantitative estimate of drug-likeness (QED) is 0.233. The molecule has 2 aliphatic heterocycles. The zero-order chi connectivity index (χ0) is 22.0. The highest BCUT2D eigenvalue weighted by Crippen LogP contribution is 2.43. The molecule has 0 N–H and O–H groups in total. The van der Waals surface area contributed by atoms with Crippen molar-refractivity contribution in [3.8, 4) is 5.69 Å². The molecule has 0 aliphatic carbocycles. The number of benzene rings is 5. The molecule has 2 aromatic heterocycles. The van der Waals surface area contributed by atoms with E-state index >= 15 is 0 Å². The van der Waals surface area contributed by atoms with Crippen molar-refractivity contribution in [2.24, 2.45) is 0 Å². The van der Waals surface area contributed by atoms with Gasteiger partial charge in [0.2, 0.25) is 0 Å². The van der Waals surface area contributed by atoms with Gasteiger partial charge in [-0.2, -0.15) is 0 Å². The molecule has 5 aromatic carbocycles. The molecular formula is C30H16BNS2. The van der Waals surface area contributed by atoms with Crippen molar-refractivity contribution in [2.75, 3.05) is 0 Å². The number of thiophene rings is 1. The molecular weight excluding hydrogens is 449 g/mol. The standard InChI is InChI=1S/C30H16BNS2/c1-4-11-22-17(8-1)19-16-20-18-9-2-5-13-24(18)34-30(20)28-29(19)32(22)23-12-7-15-26-27(23)31(28)21-10-3-6-14-25(21)33-26/h1-16H. The summed E-state index contributed by atoms with van der Waals surface area (Å²) in [5, 5.41) is 5.47. The van der Waals surface area contributed by atoms with Crippen LogP contribution in [0, 0.1) is 0 Å². The fourth-order valence-corrected chi connectivity index (χ4v) is 8.77. The highest BCUT2D eigenvalue weighted by atomic mass is 32.2. The predicted molar refractivity (Wildman–Crippen MR) is 149 cm³/mol. The second-order valence-electron chi connectivity index (χ2n) is 9.28. The number of rotatable bonds is 0. The van der Waals surface area contributed by atoms with Crippen molar-refractivity contribution in [3.05, 3.63) is 97.1 Å². The number of fused-ring (bicyclic) bond motifs is 11. The van der Waals surface area contributed by atoms with Crippen LogP contribution in [0.15, 0.2) is 107 Å². The maximum atomic E-state index is 2.55. The van der Waals surface area contributed by atoms with Gasteiger partial charge < -0.3 is 4.57 Å². The Bertz CT molecular complexity index is 2010. The molecule has 156 valence electrons. The van der Waals surface area contributed by atoms with Crippen LogP contribution >= 0.6 is 23.1 Å². The van der Waals surface area contributed by atoms with Gasteiger partial charge in [-0.3, -0.25) is 0 Å². The summed E-state index contributed by atoms with van der Waals surface area (Å²) in [6.45, 7) is 0.250. The Morgan fingerprint density at radius 2 is 1.41 bits per heavy atom. The summed E-state index contributed by atoms with van der Waals surface area (Å²) in [6.07, 6.45) is 0. The Morgan fingerprint density at radius 3 is 2.38 bits per heavy atom. The lowest BCUT2D eigenvalue weighted by atomic mass is 9.35. The van der Waals surface area contributed by atoms with Crippen molar-refractivity contribution < 1.29 is 0 Å². The maximum Gasteiger partial charge on any atom is 0.251 e. The first-order valence-corrected chi connectivity index (χ1v) is 13.3.